The van der Waals surface area contributed by atoms with E-state index >= 15 is 0 Å². The van der Waals surface area contributed by atoms with Crippen molar-refractivity contribution >= 4 is 57.3 Å². The van der Waals surface area contributed by atoms with Gasteiger partial charge in [-0.1, -0.05) is 35.3 Å². The van der Waals surface area contributed by atoms with Crippen LogP contribution < -0.4 is 35.0 Å². The highest BCUT2D eigenvalue weighted by Gasteiger charge is 2.32. The second-order valence-electron chi connectivity index (χ2n) is 10.2. The predicted octanol–water partition coefficient (Wildman–Crippen LogP) is 6.25. The molecule has 0 aliphatic carbocycles. The van der Waals surface area contributed by atoms with Crippen molar-refractivity contribution in [1.82, 2.24) is 16.1 Å². The summed E-state index contributed by atoms with van der Waals surface area (Å²) in [7, 11) is 1.27. The normalized spacial score (nSPS) is 15.0. The molecule has 48 heavy (non-hydrogen) atoms. The van der Waals surface area contributed by atoms with Crippen LogP contribution in [-0.2, 0) is 16.1 Å². The van der Waals surface area contributed by atoms with Crippen LogP contribution >= 0.6 is 39.1 Å². The summed E-state index contributed by atoms with van der Waals surface area (Å²) in [5.41, 5.74) is 5.28. The summed E-state index contributed by atoms with van der Waals surface area (Å²) in [6.07, 6.45) is 0.329. The number of ether oxygens (including phenoxy) is 5. The van der Waals surface area contributed by atoms with Crippen LogP contribution in [0.15, 0.2) is 69.4 Å². The molecule has 1 heterocycles. The molecule has 4 rings (SSSR count). The van der Waals surface area contributed by atoms with Crippen molar-refractivity contribution in [2.75, 3.05) is 26.9 Å². The van der Waals surface area contributed by atoms with Gasteiger partial charge in [-0.15, -0.1) is 0 Å². The van der Waals surface area contributed by atoms with Crippen LogP contribution in [0.4, 0.5) is 4.79 Å². The number of hydrazone groups is 1. The number of amides is 2. The molecule has 3 aromatic carbocycles. The van der Waals surface area contributed by atoms with E-state index in [1.165, 1.54) is 13.3 Å². The van der Waals surface area contributed by atoms with Gasteiger partial charge in [0.1, 0.15) is 13.2 Å². The third-order valence-corrected chi connectivity index (χ3v) is 8.00. The minimum absolute atomic E-state index is 0.179. The first kappa shape index (κ1) is 36.7. The van der Waals surface area contributed by atoms with E-state index < -0.39 is 24.3 Å². The number of carbonyl (C=O) groups excluding carboxylic acids is 2. The summed E-state index contributed by atoms with van der Waals surface area (Å²) >= 11 is 15.8. The van der Waals surface area contributed by atoms with Crippen molar-refractivity contribution in [3.63, 3.8) is 0 Å². The number of carbonyl (C=O) groups is 2. The Kier molecular flexibility index (Phi) is 13.2. The molecule has 4 N–H and O–H groups in total. The Hall–Kier alpha value is -4.17. The molecule has 12 nitrogen and oxygen atoms in total. The fraction of sp³-hybridized carbons (Fsp3) is 0.303. The second-order valence-corrected chi connectivity index (χ2v) is 11.9. The van der Waals surface area contributed by atoms with Gasteiger partial charge in [0, 0.05) is 21.3 Å². The summed E-state index contributed by atoms with van der Waals surface area (Å²) in [4.78, 5) is 24.7. The van der Waals surface area contributed by atoms with Gasteiger partial charge in [0.2, 0.25) is 0 Å². The van der Waals surface area contributed by atoms with Crippen LogP contribution in [0.5, 0.6) is 23.0 Å². The molecule has 2 atom stereocenters. The molecule has 0 bridgehead atoms. The number of allylic oxidation sites excluding steroid dienone is 1. The zero-order chi connectivity index (χ0) is 34.8. The van der Waals surface area contributed by atoms with Crippen LogP contribution in [0.3, 0.4) is 0 Å². The number of aliphatic hydroxyl groups excluding tert-OH is 1. The number of aliphatic hydroxyl groups is 1. The molecular formula is C33H35BrCl2N4O8. The smallest absolute Gasteiger partial charge is 0.337 e. The fourth-order valence-electron chi connectivity index (χ4n) is 4.67. The van der Waals surface area contributed by atoms with Crippen molar-refractivity contribution in [3.8, 4) is 23.0 Å². The average Bonchev–Trinajstić information content (AvgIpc) is 3.04. The summed E-state index contributed by atoms with van der Waals surface area (Å²) < 4.78 is 29.0. The number of esters is 1. The monoisotopic (exact) mass is 764 g/mol. The van der Waals surface area contributed by atoms with Crippen molar-refractivity contribution in [2.24, 2.45) is 5.10 Å². The first-order chi connectivity index (χ1) is 23.0. The first-order valence-electron chi connectivity index (χ1n) is 14.8. The third-order valence-electron chi connectivity index (χ3n) is 6.83. The van der Waals surface area contributed by atoms with Gasteiger partial charge in [-0.3, -0.25) is 5.43 Å². The number of nitrogens with one attached hydrogen (secondary N) is 3. The molecule has 3 aromatic rings. The number of nitrogens with zero attached hydrogens (tertiary/aromatic N) is 1. The molecule has 0 saturated carbocycles. The standard InChI is InChI=1S/C33H35BrCl2N4O8/c1-5-45-26-13-20(30-29(32(42)44-4)18(3)38-33(43)39-30)8-10-25(26)47-17-28(41)40-37-15-19-11-23(34)31(27(12-19)46-6-2)48-16-21-7-9-22(35)14-24(21)36/h7-15,28,30,40-41H,5-6,16-17H2,1-4H3,(H2,38,39,43)/b37-15-/t28-,30-/m0/s1. The SMILES string of the molecule is CCOc1cc([C@@H]2NC(=O)NC(C)=C2C(=O)OC)ccc1OC[C@H](O)N/N=C\c1cc(Br)c(OCc2ccc(Cl)cc2Cl)c(OCC)c1. The van der Waals surface area contributed by atoms with E-state index in [0.29, 0.717) is 67.6 Å². The maximum absolute atomic E-state index is 12.5. The molecule has 2 amide bonds. The van der Waals surface area contributed by atoms with Gasteiger partial charge < -0.3 is 39.4 Å². The van der Waals surface area contributed by atoms with Gasteiger partial charge in [-0.2, -0.15) is 5.10 Å². The van der Waals surface area contributed by atoms with Gasteiger partial charge >= 0.3 is 12.0 Å². The summed E-state index contributed by atoms with van der Waals surface area (Å²) in [5, 5.41) is 21.0. The maximum Gasteiger partial charge on any atom is 0.337 e. The van der Waals surface area contributed by atoms with E-state index in [0.717, 1.165) is 5.56 Å². The Labute approximate surface area is 296 Å². The lowest BCUT2D eigenvalue weighted by molar-refractivity contribution is -0.136. The van der Waals surface area contributed by atoms with Crippen molar-refractivity contribution in [1.29, 1.82) is 0 Å². The highest BCUT2D eigenvalue weighted by atomic mass is 79.9. The molecule has 1 aliphatic rings. The van der Waals surface area contributed by atoms with Crippen LogP contribution in [0.1, 0.15) is 43.5 Å². The largest absolute Gasteiger partial charge is 0.490 e. The number of hydrogen-bond donors (Lipinski definition) is 4. The van der Waals surface area contributed by atoms with Crippen molar-refractivity contribution < 1.29 is 38.4 Å². The van der Waals surface area contributed by atoms with E-state index in [1.807, 2.05) is 6.92 Å². The zero-order valence-electron chi connectivity index (χ0n) is 26.6. The van der Waals surface area contributed by atoms with E-state index in [1.54, 1.807) is 62.4 Å². The number of methoxy groups -OCH3 is 1. The molecule has 0 aromatic heterocycles. The number of halogens is 3. The van der Waals surface area contributed by atoms with Crippen LogP contribution in [0.2, 0.25) is 10.0 Å². The number of hydrogen-bond acceptors (Lipinski definition) is 10. The molecule has 0 spiro atoms. The highest BCUT2D eigenvalue weighted by Crippen LogP contribution is 2.38. The lowest BCUT2D eigenvalue weighted by Crippen LogP contribution is -2.45. The van der Waals surface area contributed by atoms with E-state index in [2.05, 4.69) is 37.1 Å². The van der Waals surface area contributed by atoms with Gasteiger partial charge in [-0.25, -0.2) is 9.59 Å². The number of rotatable bonds is 15. The minimum Gasteiger partial charge on any atom is -0.490 e. The Balaban J connectivity index is 1.40. The van der Waals surface area contributed by atoms with Gasteiger partial charge in [0.05, 0.1) is 42.6 Å². The summed E-state index contributed by atoms with van der Waals surface area (Å²) in [6, 6.07) is 12.5. The molecule has 0 radical (unpaired) electrons. The van der Waals surface area contributed by atoms with E-state index in [4.69, 9.17) is 46.9 Å². The average molecular weight is 766 g/mol. The maximum atomic E-state index is 12.5. The van der Waals surface area contributed by atoms with Crippen molar-refractivity contribution in [2.45, 2.75) is 39.6 Å². The Bertz CT molecular complexity index is 1700. The third kappa shape index (κ3) is 9.47. The quantitative estimate of drug-likeness (QED) is 0.0610. The summed E-state index contributed by atoms with van der Waals surface area (Å²) in [5.74, 6) is 1.10. The van der Waals surface area contributed by atoms with Gasteiger partial charge in [0.25, 0.3) is 0 Å². The molecule has 1 aliphatic heterocycles. The molecular weight excluding hydrogens is 731 g/mol. The van der Waals surface area contributed by atoms with E-state index in [9.17, 15) is 14.7 Å². The topological polar surface area (TPSA) is 149 Å². The zero-order valence-corrected chi connectivity index (χ0v) is 29.7. The summed E-state index contributed by atoms with van der Waals surface area (Å²) in [6.45, 7) is 6.03. The van der Waals surface area contributed by atoms with E-state index in [-0.39, 0.29) is 18.8 Å². The highest BCUT2D eigenvalue weighted by molar-refractivity contribution is 9.10. The van der Waals surface area contributed by atoms with Gasteiger partial charge in [-0.05, 0) is 84.2 Å². The van der Waals surface area contributed by atoms with Crippen LogP contribution in [-0.4, -0.2) is 56.5 Å². The minimum atomic E-state index is -1.18. The number of urea groups is 1. The van der Waals surface area contributed by atoms with Crippen molar-refractivity contribution in [3.05, 3.63) is 91.0 Å². The second kappa shape index (κ2) is 17.3. The lowest BCUT2D eigenvalue weighted by atomic mass is 9.95. The van der Waals surface area contributed by atoms with Gasteiger partial charge in [0.15, 0.2) is 29.2 Å². The predicted molar refractivity (Wildman–Crippen MR) is 185 cm³/mol. The molecule has 0 unspecified atom stereocenters. The molecule has 0 saturated heterocycles. The van der Waals surface area contributed by atoms with Crippen LogP contribution in [0.25, 0.3) is 0 Å². The Morgan fingerprint density at radius 2 is 1.79 bits per heavy atom. The fourth-order valence-corrected chi connectivity index (χ4v) is 5.71. The molecule has 256 valence electrons. The Morgan fingerprint density at radius 3 is 2.50 bits per heavy atom. The molecule has 0 fully saturated rings. The number of benzene rings is 3. The Morgan fingerprint density at radius 1 is 1.04 bits per heavy atom. The lowest BCUT2D eigenvalue weighted by Gasteiger charge is -2.28. The van der Waals surface area contributed by atoms with Crippen LogP contribution in [0, 0.1) is 0 Å². The first-order valence-corrected chi connectivity index (χ1v) is 16.3. The molecule has 15 heteroatoms.